The highest BCUT2D eigenvalue weighted by atomic mass is 35.5. The monoisotopic (exact) mass is 634 g/mol. The van der Waals surface area contributed by atoms with Crippen LogP contribution in [0.2, 0.25) is 5.02 Å². The lowest BCUT2D eigenvalue weighted by Crippen LogP contribution is -2.59. The zero-order chi connectivity index (χ0) is 30.6. The van der Waals surface area contributed by atoms with E-state index in [1.165, 1.54) is 0 Å². The predicted octanol–water partition coefficient (Wildman–Crippen LogP) is 5.52. The number of fused-ring (bicyclic) bond motifs is 7. The fourth-order valence-corrected chi connectivity index (χ4v) is 8.32. The van der Waals surface area contributed by atoms with E-state index in [0.29, 0.717) is 25.4 Å². The standard InChI is InChI=1S/C30H31ClF4N6O3/c1-28-5-6-29(11-28,13-44-28)12-43-27-39-24-20-25(40-27)41-10-15-2-3-18(37-15)19(41)4-7-42-26(20)38-23(22(24)32)16-8-14(36)9-17(31)21(16)30(33,34)35/h8-9,15,18-19,37H,2-7,10-13,36H2,1H3/t15-,18+,19-,28?,29?/m1/s1. The highest BCUT2D eigenvalue weighted by Crippen LogP contribution is 2.53. The fraction of sp³-hybridized carbons (Fsp3) is 0.567. The summed E-state index contributed by atoms with van der Waals surface area (Å²) in [6.07, 6.45) is 0.347. The van der Waals surface area contributed by atoms with Crippen LogP contribution in [-0.4, -0.2) is 65.0 Å². The van der Waals surface area contributed by atoms with E-state index in [9.17, 15) is 13.2 Å². The Labute approximate surface area is 255 Å². The summed E-state index contributed by atoms with van der Waals surface area (Å²) in [4.78, 5) is 15.8. The number of halogens is 5. The minimum Gasteiger partial charge on any atom is -0.477 e. The largest absolute Gasteiger partial charge is 0.477 e. The average molecular weight is 635 g/mol. The van der Waals surface area contributed by atoms with Crippen molar-refractivity contribution in [1.29, 1.82) is 0 Å². The molecule has 234 valence electrons. The number of pyridine rings is 1. The van der Waals surface area contributed by atoms with E-state index in [2.05, 4.69) is 27.1 Å². The van der Waals surface area contributed by atoms with Gasteiger partial charge in [-0.1, -0.05) is 11.6 Å². The van der Waals surface area contributed by atoms with E-state index in [1.54, 1.807) is 0 Å². The van der Waals surface area contributed by atoms with Crippen molar-refractivity contribution in [2.24, 2.45) is 5.41 Å². The Morgan fingerprint density at radius 2 is 2.02 bits per heavy atom. The molecular weight excluding hydrogens is 604 g/mol. The summed E-state index contributed by atoms with van der Waals surface area (Å²) >= 11 is 6.03. The minimum atomic E-state index is -4.91. The molecule has 5 atom stereocenters. The van der Waals surface area contributed by atoms with Gasteiger partial charge in [0.15, 0.2) is 5.82 Å². The third-order valence-electron chi connectivity index (χ3n) is 10.0. The Morgan fingerprint density at radius 1 is 1.18 bits per heavy atom. The number of hydrogen-bond acceptors (Lipinski definition) is 9. The lowest BCUT2D eigenvalue weighted by atomic mass is 9.89. The third-order valence-corrected chi connectivity index (χ3v) is 10.3. The van der Waals surface area contributed by atoms with E-state index in [4.69, 9.17) is 36.5 Å². The molecule has 8 rings (SSSR count). The van der Waals surface area contributed by atoms with Crippen LogP contribution in [-0.2, 0) is 10.9 Å². The maximum absolute atomic E-state index is 16.7. The van der Waals surface area contributed by atoms with Gasteiger partial charge in [0.2, 0.25) is 5.88 Å². The van der Waals surface area contributed by atoms with Gasteiger partial charge in [-0.25, -0.2) is 9.37 Å². The molecule has 14 heteroatoms. The first kappa shape index (κ1) is 28.3. The summed E-state index contributed by atoms with van der Waals surface area (Å²) in [5.41, 5.74) is 2.73. The molecule has 3 aromatic rings. The van der Waals surface area contributed by atoms with Gasteiger partial charge >= 0.3 is 12.2 Å². The van der Waals surface area contributed by atoms with Gasteiger partial charge in [-0.05, 0) is 51.2 Å². The third kappa shape index (κ3) is 4.45. The Morgan fingerprint density at radius 3 is 2.75 bits per heavy atom. The van der Waals surface area contributed by atoms with Crippen molar-refractivity contribution in [3.8, 4) is 23.1 Å². The summed E-state index contributed by atoms with van der Waals surface area (Å²) in [5, 5.41) is 3.19. The predicted molar refractivity (Wildman–Crippen MR) is 154 cm³/mol. The van der Waals surface area contributed by atoms with Crippen LogP contribution < -0.4 is 25.4 Å². The molecule has 5 aliphatic rings. The second kappa shape index (κ2) is 9.67. The molecule has 0 spiro atoms. The first-order valence-corrected chi connectivity index (χ1v) is 15.3. The molecule has 9 nitrogen and oxygen atoms in total. The molecule has 1 aliphatic carbocycles. The number of rotatable bonds is 4. The van der Waals surface area contributed by atoms with Crippen LogP contribution in [0.15, 0.2) is 12.1 Å². The number of nitrogens with two attached hydrogens (primary N) is 1. The Kier molecular flexibility index (Phi) is 6.22. The molecule has 2 unspecified atom stereocenters. The topological polar surface area (TPSA) is 108 Å². The van der Waals surface area contributed by atoms with Gasteiger partial charge in [-0.15, -0.1) is 0 Å². The van der Waals surface area contributed by atoms with E-state index >= 15 is 4.39 Å². The Hall–Kier alpha value is -3.16. The van der Waals surface area contributed by atoms with Gasteiger partial charge in [0.1, 0.15) is 22.4 Å². The van der Waals surface area contributed by atoms with Crippen LogP contribution in [0.3, 0.4) is 0 Å². The SMILES string of the molecule is CC12CCC(COc3nc4c5c(nc(-c6cc(N)cc(Cl)c6C(F)(F)F)c(F)c5n3)OCC[C@@H]3[C@@H]5CC[C@H](CN43)N5)(CO1)C2. The van der Waals surface area contributed by atoms with E-state index in [-0.39, 0.29) is 70.8 Å². The van der Waals surface area contributed by atoms with Gasteiger partial charge in [0.25, 0.3) is 0 Å². The lowest BCUT2D eigenvalue weighted by molar-refractivity contribution is -0.137. The van der Waals surface area contributed by atoms with Crippen LogP contribution in [0.4, 0.5) is 29.1 Å². The molecular formula is C30H31ClF4N6O3. The van der Waals surface area contributed by atoms with Crippen LogP contribution in [0.5, 0.6) is 11.9 Å². The molecule has 3 saturated heterocycles. The van der Waals surface area contributed by atoms with Crippen LogP contribution in [0.25, 0.3) is 22.2 Å². The number of alkyl halides is 3. The summed E-state index contributed by atoms with van der Waals surface area (Å²) < 4.78 is 77.7. The summed E-state index contributed by atoms with van der Waals surface area (Å²) in [6.45, 7) is 3.75. The smallest absolute Gasteiger partial charge is 0.418 e. The number of piperazine rings is 1. The highest BCUT2D eigenvalue weighted by Gasteiger charge is 2.54. The second-order valence-electron chi connectivity index (χ2n) is 13.2. The molecule has 1 aromatic carbocycles. The first-order valence-electron chi connectivity index (χ1n) is 14.9. The molecule has 4 aliphatic heterocycles. The number of benzene rings is 1. The van der Waals surface area contributed by atoms with Crippen LogP contribution >= 0.6 is 11.6 Å². The van der Waals surface area contributed by atoms with Gasteiger partial charge in [-0.3, -0.25) is 0 Å². The van der Waals surface area contributed by atoms with Gasteiger partial charge < -0.3 is 30.2 Å². The molecule has 4 fully saturated rings. The Bertz CT molecular complexity index is 1680. The number of ether oxygens (including phenoxy) is 3. The number of nitrogens with zero attached hydrogens (tertiary/aromatic N) is 4. The molecule has 6 heterocycles. The van der Waals surface area contributed by atoms with E-state index in [1.807, 2.05) is 0 Å². The van der Waals surface area contributed by atoms with Gasteiger partial charge in [0.05, 0.1) is 36.0 Å². The zero-order valence-electron chi connectivity index (χ0n) is 23.9. The van der Waals surface area contributed by atoms with Gasteiger partial charge in [-0.2, -0.15) is 23.1 Å². The number of hydrogen-bond donors (Lipinski definition) is 2. The summed E-state index contributed by atoms with van der Waals surface area (Å²) in [7, 11) is 0. The van der Waals surface area contributed by atoms with E-state index < -0.39 is 33.8 Å². The fourth-order valence-electron chi connectivity index (χ4n) is 7.98. The normalized spacial score (nSPS) is 30.7. The van der Waals surface area contributed by atoms with E-state index in [0.717, 1.165) is 44.2 Å². The van der Waals surface area contributed by atoms with Crippen molar-refractivity contribution in [1.82, 2.24) is 20.3 Å². The molecule has 3 N–H and O–H groups in total. The summed E-state index contributed by atoms with van der Waals surface area (Å²) in [6, 6.07) is 2.37. The maximum Gasteiger partial charge on any atom is 0.418 e. The van der Waals surface area contributed by atoms with Crippen molar-refractivity contribution in [3.63, 3.8) is 0 Å². The highest BCUT2D eigenvalue weighted by molar-refractivity contribution is 6.32. The first-order chi connectivity index (χ1) is 20.9. The van der Waals surface area contributed by atoms with Crippen molar-refractivity contribution >= 4 is 34.0 Å². The average Bonchev–Trinajstić information content (AvgIpc) is 3.62. The molecule has 0 amide bonds. The van der Waals surface area contributed by atoms with Crippen LogP contribution in [0, 0.1) is 11.2 Å². The number of nitrogen functional groups attached to an aromatic ring is 1. The van der Waals surface area contributed by atoms with Crippen molar-refractivity contribution in [2.45, 2.75) is 75.4 Å². The number of nitrogens with one attached hydrogen (secondary N) is 1. The lowest BCUT2D eigenvalue weighted by Gasteiger charge is -2.43. The molecule has 0 radical (unpaired) electrons. The van der Waals surface area contributed by atoms with Crippen molar-refractivity contribution in [3.05, 3.63) is 28.5 Å². The quantitative estimate of drug-likeness (QED) is 0.284. The molecule has 44 heavy (non-hydrogen) atoms. The molecule has 4 bridgehead atoms. The number of aromatic nitrogens is 3. The zero-order valence-corrected chi connectivity index (χ0v) is 24.7. The Balaban J connectivity index is 1.32. The maximum atomic E-state index is 16.7. The van der Waals surface area contributed by atoms with Crippen LogP contribution in [0.1, 0.15) is 51.0 Å². The van der Waals surface area contributed by atoms with Gasteiger partial charge in [0, 0.05) is 47.8 Å². The number of anilines is 2. The molecule has 2 aromatic heterocycles. The van der Waals surface area contributed by atoms with Crippen molar-refractivity contribution in [2.75, 3.05) is 37.0 Å². The van der Waals surface area contributed by atoms with Crippen molar-refractivity contribution < 1.29 is 31.8 Å². The minimum absolute atomic E-state index is 0.0116. The molecule has 1 saturated carbocycles. The summed E-state index contributed by atoms with van der Waals surface area (Å²) in [5.74, 6) is -0.721. The second-order valence-corrected chi connectivity index (χ2v) is 13.6.